The van der Waals surface area contributed by atoms with E-state index in [0.717, 1.165) is 7.11 Å². The van der Waals surface area contributed by atoms with Gasteiger partial charge in [-0.05, 0) is 0 Å². The van der Waals surface area contributed by atoms with E-state index in [1.807, 2.05) is 0 Å². The normalized spacial score (nSPS) is 11.2. The maximum atomic E-state index is 12.1. The quantitative estimate of drug-likeness (QED) is 0.482. The molecule has 0 bridgehead atoms. The van der Waals surface area contributed by atoms with Crippen LogP contribution in [0.5, 0.6) is 11.6 Å². The second-order valence-corrected chi connectivity index (χ2v) is 3.46. The number of alkyl halides is 4. The summed E-state index contributed by atoms with van der Waals surface area (Å²) in [6.07, 6.45) is -4.28. The van der Waals surface area contributed by atoms with Crippen LogP contribution in [0.4, 0.5) is 18.9 Å². The van der Waals surface area contributed by atoms with E-state index in [9.17, 15) is 23.3 Å². The van der Waals surface area contributed by atoms with Crippen LogP contribution in [-0.4, -0.2) is 23.4 Å². The molecular formula is C8H6BrF3N2O4. The molecule has 0 amide bonds. The molecule has 18 heavy (non-hydrogen) atoms. The highest BCUT2D eigenvalue weighted by atomic mass is 79.9. The van der Waals surface area contributed by atoms with Gasteiger partial charge in [0.05, 0.1) is 17.6 Å². The van der Waals surface area contributed by atoms with Gasteiger partial charge >= 0.3 is 6.36 Å². The average Bonchev–Trinajstić information content (AvgIpc) is 2.25. The lowest BCUT2D eigenvalue weighted by Gasteiger charge is -2.13. The molecule has 0 unspecified atom stereocenters. The highest BCUT2D eigenvalue weighted by Gasteiger charge is 2.35. The summed E-state index contributed by atoms with van der Waals surface area (Å²) in [6, 6.07) is 0. The van der Waals surface area contributed by atoms with Crippen LogP contribution in [0.1, 0.15) is 5.56 Å². The largest absolute Gasteiger partial charge is 0.574 e. The topological polar surface area (TPSA) is 74.5 Å². The monoisotopic (exact) mass is 330 g/mol. The van der Waals surface area contributed by atoms with Crippen molar-refractivity contribution in [1.82, 2.24) is 4.98 Å². The zero-order valence-electron chi connectivity index (χ0n) is 8.82. The van der Waals surface area contributed by atoms with Crippen molar-refractivity contribution in [2.45, 2.75) is 11.7 Å². The van der Waals surface area contributed by atoms with Gasteiger partial charge in [-0.15, -0.1) is 13.2 Å². The molecule has 0 aliphatic carbocycles. The van der Waals surface area contributed by atoms with Gasteiger partial charge in [0.1, 0.15) is 6.20 Å². The Kier molecular flexibility index (Phi) is 4.33. The Bertz CT molecular complexity index is 466. The van der Waals surface area contributed by atoms with Crippen molar-refractivity contribution < 1.29 is 27.6 Å². The van der Waals surface area contributed by atoms with Crippen LogP contribution in [-0.2, 0) is 5.33 Å². The summed E-state index contributed by atoms with van der Waals surface area (Å²) in [5, 5.41) is 10.6. The van der Waals surface area contributed by atoms with Crippen molar-refractivity contribution in [3.8, 4) is 11.6 Å². The van der Waals surface area contributed by atoms with Gasteiger partial charge in [-0.2, -0.15) is 0 Å². The number of rotatable bonds is 4. The first-order valence-electron chi connectivity index (χ1n) is 4.32. The van der Waals surface area contributed by atoms with Crippen LogP contribution in [0.3, 0.4) is 0 Å². The molecule has 0 aliphatic heterocycles. The van der Waals surface area contributed by atoms with Gasteiger partial charge in [-0.1, -0.05) is 15.9 Å². The van der Waals surface area contributed by atoms with E-state index in [2.05, 4.69) is 30.4 Å². The predicted octanol–water partition coefficient (Wildman–Crippen LogP) is 2.79. The van der Waals surface area contributed by atoms with E-state index >= 15 is 0 Å². The number of methoxy groups -OCH3 is 1. The number of aromatic nitrogens is 1. The standard InChI is InChI=1S/C8H6BrF3N2O4/c1-17-6-4(2-9)5(14(15)16)3-13-7(6)18-8(10,11)12/h3H,2H2,1H3. The molecule has 6 nitrogen and oxygen atoms in total. The third kappa shape index (κ3) is 3.22. The fourth-order valence-electron chi connectivity index (χ4n) is 1.18. The molecule has 0 N–H and O–H groups in total. The van der Waals surface area contributed by atoms with Crippen LogP contribution < -0.4 is 9.47 Å². The lowest BCUT2D eigenvalue weighted by Crippen LogP contribution is -2.19. The molecule has 1 heterocycles. The summed E-state index contributed by atoms with van der Waals surface area (Å²) < 4.78 is 44.6. The molecular weight excluding hydrogens is 325 g/mol. The molecule has 100 valence electrons. The molecule has 0 aromatic carbocycles. The Balaban J connectivity index is 3.34. The van der Waals surface area contributed by atoms with Crippen LogP contribution in [0, 0.1) is 10.1 Å². The number of hydrogen-bond acceptors (Lipinski definition) is 5. The number of nitro groups is 1. The van der Waals surface area contributed by atoms with E-state index in [-0.39, 0.29) is 10.9 Å². The Labute approximate surface area is 107 Å². The van der Waals surface area contributed by atoms with E-state index in [0.29, 0.717) is 6.20 Å². The van der Waals surface area contributed by atoms with E-state index < -0.39 is 28.6 Å². The fraction of sp³-hybridized carbons (Fsp3) is 0.375. The molecule has 0 aliphatic rings. The molecule has 0 fully saturated rings. The van der Waals surface area contributed by atoms with Crippen LogP contribution in [0.15, 0.2) is 6.20 Å². The van der Waals surface area contributed by atoms with Crippen molar-refractivity contribution in [1.29, 1.82) is 0 Å². The van der Waals surface area contributed by atoms with Gasteiger partial charge in [-0.25, -0.2) is 4.98 Å². The van der Waals surface area contributed by atoms with Gasteiger partial charge < -0.3 is 9.47 Å². The number of nitrogens with zero attached hydrogens (tertiary/aromatic N) is 2. The summed E-state index contributed by atoms with van der Waals surface area (Å²) in [4.78, 5) is 13.1. The fourth-order valence-corrected chi connectivity index (χ4v) is 1.72. The molecule has 0 saturated heterocycles. The molecule has 0 saturated carbocycles. The zero-order chi connectivity index (χ0) is 13.9. The third-order valence-electron chi connectivity index (χ3n) is 1.83. The SMILES string of the molecule is COc1c(OC(F)(F)F)ncc([N+](=O)[O-])c1CBr. The number of pyridine rings is 1. The molecule has 1 rings (SSSR count). The third-order valence-corrected chi connectivity index (χ3v) is 2.39. The van der Waals surface area contributed by atoms with Crippen molar-refractivity contribution in [2.75, 3.05) is 7.11 Å². The number of hydrogen-bond donors (Lipinski definition) is 0. The Morgan fingerprint density at radius 3 is 2.56 bits per heavy atom. The number of ether oxygens (including phenoxy) is 2. The molecule has 1 aromatic heterocycles. The lowest BCUT2D eigenvalue weighted by molar-refractivity contribution is -0.385. The summed E-state index contributed by atoms with van der Waals surface area (Å²) in [7, 11) is 1.07. The van der Waals surface area contributed by atoms with Gasteiger partial charge in [0, 0.05) is 5.33 Å². The lowest BCUT2D eigenvalue weighted by atomic mass is 10.2. The van der Waals surface area contributed by atoms with Gasteiger partial charge in [0.15, 0.2) is 5.75 Å². The highest BCUT2D eigenvalue weighted by Crippen LogP contribution is 2.38. The average molecular weight is 331 g/mol. The van der Waals surface area contributed by atoms with Gasteiger partial charge in [0.2, 0.25) is 0 Å². The Hall–Kier alpha value is -1.58. The van der Waals surface area contributed by atoms with Crippen LogP contribution in [0.25, 0.3) is 0 Å². The first-order chi connectivity index (χ1) is 8.30. The first-order valence-corrected chi connectivity index (χ1v) is 5.44. The second-order valence-electron chi connectivity index (χ2n) is 2.90. The summed E-state index contributed by atoms with van der Waals surface area (Å²) in [5.74, 6) is -1.30. The minimum Gasteiger partial charge on any atom is -0.491 e. The molecule has 0 atom stereocenters. The van der Waals surface area contributed by atoms with Crippen molar-refractivity contribution in [3.63, 3.8) is 0 Å². The summed E-state index contributed by atoms with van der Waals surface area (Å²) >= 11 is 2.93. The molecule has 0 radical (unpaired) electrons. The maximum Gasteiger partial charge on any atom is 0.574 e. The molecule has 10 heteroatoms. The van der Waals surface area contributed by atoms with E-state index in [1.54, 1.807) is 0 Å². The van der Waals surface area contributed by atoms with Crippen LogP contribution in [0.2, 0.25) is 0 Å². The zero-order valence-corrected chi connectivity index (χ0v) is 10.4. The molecule has 1 aromatic rings. The highest BCUT2D eigenvalue weighted by molar-refractivity contribution is 9.08. The Morgan fingerprint density at radius 2 is 2.17 bits per heavy atom. The molecule has 0 spiro atoms. The van der Waals surface area contributed by atoms with Gasteiger partial charge in [0.25, 0.3) is 11.6 Å². The van der Waals surface area contributed by atoms with Crippen molar-refractivity contribution >= 4 is 21.6 Å². The Morgan fingerprint density at radius 1 is 1.56 bits per heavy atom. The predicted molar refractivity (Wildman–Crippen MR) is 56.8 cm³/mol. The minimum atomic E-state index is -4.96. The second kappa shape index (κ2) is 5.38. The van der Waals surface area contributed by atoms with E-state index in [4.69, 9.17) is 0 Å². The summed E-state index contributed by atoms with van der Waals surface area (Å²) in [6.45, 7) is 0. The van der Waals surface area contributed by atoms with Crippen molar-refractivity contribution in [3.05, 3.63) is 21.9 Å². The number of halogens is 4. The van der Waals surface area contributed by atoms with E-state index in [1.165, 1.54) is 0 Å². The summed E-state index contributed by atoms with van der Waals surface area (Å²) in [5.41, 5.74) is -0.546. The van der Waals surface area contributed by atoms with Crippen molar-refractivity contribution in [2.24, 2.45) is 0 Å². The maximum absolute atomic E-state index is 12.1. The smallest absolute Gasteiger partial charge is 0.491 e. The first kappa shape index (κ1) is 14.5. The van der Waals surface area contributed by atoms with Crippen LogP contribution >= 0.6 is 15.9 Å². The van der Waals surface area contributed by atoms with Gasteiger partial charge in [-0.3, -0.25) is 10.1 Å². The minimum absolute atomic E-state index is 0.0801.